The van der Waals surface area contributed by atoms with Crippen LogP contribution in [0.2, 0.25) is 0 Å². The Bertz CT molecular complexity index is 161. The van der Waals surface area contributed by atoms with E-state index >= 15 is 0 Å². The summed E-state index contributed by atoms with van der Waals surface area (Å²) in [6, 6.07) is 0. The lowest BCUT2D eigenvalue weighted by molar-refractivity contribution is -0.139. The maximum absolute atomic E-state index is 11.2. The van der Waals surface area contributed by atoms with E-state index in [1.165, 1.54) is 0 Å². The second-order valence-corrected chi connectivity index (χ2v) is 3.20. The minimum atomic E-state index is -0.220. The summed E-state index contributed by atoms with van der Waals surface area (Å²) in [4.78, 5) is 11.2. The summed E-state index contributed by atoms with van der Waals surface area (Å²) < 4.78 is 5.00. The van der Waals surface area contributed by atoms with E-state index in [9.17, 15) is 4.79 Å². The summed E-state index contributed by atoms with van der Waals surface area (Å²) in [6.07, 6.45) is 4.85. The molecular weight excluding hydrogens is 164 g/mol. The number of ether oxygens (including phenoxy) is 1. The van der Waals surface area contributed by atoms with Crippen LogP contribution in [0.1, 0.15) is 46.0 Å². The average molecular weight is 184 g/mol. The molecule has 0 atom stereocenters. The Kier molecular flexibility index (Phi) is 7.36. The van der Waals surface area contributed by atoms with Gasteiger partial charge in [0.1, 0.15) is 0 Å². The van der Waals surface area contributed by atoms with Gasteiger partial charge in [0.25, 0.3) is 0 Å². The lowest BCUT2D eigenvalue weighted by Crippen LogP contribution is -2.08. The molecule has 0 aromatic rings. The first-order valence-corrected chi connectivity index (χ1v) is 5.07. The quantitative estimate of drug-likeness (QED) is 0.345. The first-order chi connectivity index (χ1) is 6.22. The van der Waals surface area contributed by atoms with Crippen LogP contribution in [0.3, 0.4) is 0 Å². The topological polar surface area (TPSA) is 26.3 Å². The van der Waals surface area contributed by atoms with Gasteiger partial charge in [-0.2, -0.15) is 0 Å². The second-order valence-electron chi connectivity index (χ2n) is 3.20. The number of hydrogen-bond donors (Lipinski definition) is 0. The Hall–Kier alpha value is -0.790. The number of carbonyl (C=O) groups excluding carboxylic acids is 1. The average Bonchev–Trinajstić information content (AvgIpc) is 2.14. The molecule has 2 heteroatoms. The maximum atomic E-state index is 11.2. The van der Waals surface area contributed by atoms with E-state index in [4.69, 9.17) is 4.74 Å². The van der Waals surface area contributed by atoms with Gasteiger partial charge in [-0.15, -0.1) is 0 Å². The van der Waals surface area contributed by atoms with Crippen molar-refractivity contribution < 1.29 is 9.53 Å². The highest BCUT2D eigenvalue weighted by atomic mass is 16.5. The summed E-state index contributed by atoms with van der Waals surface area (Å²) in [5, 5.41) is 0. The van der Waals surface area contributed by atoms with E-state index in [-0.39, 0.29) is 5.97 Å². The summed E-state index contributed by atoms with van der Waals surface area (Å²) in [5.74, 6) is -0.220. The van der Waals surface area contributed by atoms with Crippen LogP contribution >= 0.6 is 0 Å². The van der Waals surface area contributed by atoms with Gasteiger partial charge in [-0.05, 0) is 19.3 Å². The van der Waals surface area contributed by atoms with E-state index in [1.54, 1.807) is 0 Å². The molecule has 0 fully saturated rings. The van der Waals surface area contributed by atoms with Crippen molar-refractivity contribution in [3.63, 3.8) is 0 Å². The molecule has 76 valence electrons. The maximum Gasteiger partial charge on any atom is 0.333 e. The van der Waals surface area contributed by atoms with Gasteiger partial charge in [0.15, 0.2) is 0 Å². The lowest BCUT2D eigenvalue weighted by Gasteiger charge is -2.05. The van der Waals surface area contributed by atoms with E-state index < -0.39 is 0 Å². The highest BCUT2D eigenvalue weighted by Gasteiger charge is 2.06. The fraction of sp³-hybridized carbons (Fsp3) is 0.727. The zero-order valence-corrected chi connectivity index (χ0v) is 8.77. The van der Waals surface area contributed by atoms with E-state index in [0.29, 0.717) is 12.2 Å². The molecule has 0 aromatic carbocycles. The second kappa shape index (κ2) is 7.84. The van der Waals surface area contributed by atoms with Crippen molar-refractivity contribution in [3.05, 3.63) is 12.2 Å². The van der Waals surface area contributed by atoms with Crippen LogP contribution in [0.4, 0.5) is 0 Å². The normalized spacial score (nSPS) is 9.69. The van der Waals surface area contributed by atoms with Gasteiger partial charge in [-0.25, -0.2) is 4.79 Å². The molecular formula is C11H20O2. The number of carbonyl (C=O) groups is 1. The minimum Gasteiger partial charge on any atom is -0.462 e. The van der Waals surface area contributed by atoms with Crippen molar-refractivity contribution in [2.24, 2.45) is 0 Å². The highest BCUT2D eigenvalue weighted by Crippen LogP contribution is 2.06. The third kappa shape index (κ3) is 6.38. The molecule has 2 nitrogen and oxygen atoms in total. The number of rotatable bonds is 7. The molecule has 0 aliphatic rings. The number of esters is 1. The van der Waals surface area contributed by atoms with Crippen LogP contribution in [-0.4, -0.2) is 12.6 Å². The minimum absolute atomic E-state index is 0.220. The molecule has 0 rings (SSSR count). The van der Waals surface area contributed by atoms with E-state index in [0.717, 1.165) is 32.1 Å². The number of hydrogen-bond acceptors (Lipinski definition) is 2. The highest BCUT2D eigenvalue weighted by molar-refractivity contribution is 5.87. The molecule has 0 N–H and O–H groups in total. The molecule has 0 aliphatic heterocycles. The van der Waals surface area contributed by atoms with Gasteiger partial charge in [-0.3, -0.25) is 0 Å². The standard InChI is InChI=1S/C11H20O2/c1-4-6-8-10(3)11(12)13-9-7-5-2/h3-9H2,1-2H3. The van der Waals surface area contributed by atoms with E-state index in [2.05, 4.69) is 20.4 Å². The molecule has 0 heterocycles. The first-order valence-electron chi connectivity index (χ1n) is 5.07. The van der Waals surface area contributed by atoms with Crippen molar-refractivity contribution in [1.29, 1.82) is 0 Å². The van der Waals surface area contributed by atoms with Crippen LogP contribution in [0.5, 0.6) is 0 Å². The third-order valence-electron chi connectivity index (χ3n) is 1.85. The van der Waals surface area contributed by atoms with Gasteiger partial charge < -0.3 is 4.74 Å². The largest absolute Gasteiger partial charge is 0.462 e. The smallest absolute Gasteiger partial charge is 0.333 e. The molecule has 0 aliphatic carbocycles. The monoisotopic (exact) mass is 184 g/mol. The van der Waals surface area contributed by atoms with Crippen LogP contribution in [0.25, 0.3) is 0 Å². The SMILES string of the molecule is C=C(CCCC)C(=O)OCCCC. The Morgan fingerprint density at radius 1 is 1.23 bits per heavy atom. The molecule has 0 saturated carbocycles. The Labute approximate surface area is 81.0 Å². The fourth-order valence-electron chi connectivity index (χ4n) is 0.903. The molecule has 0 unspecified atom stereocenters. The predicted molar refractivity (Wildman–Crippen MR) is 54.5 cm³/mol. The summed E-state index contributed by atoms with van der Waals surface area (Å²) >= 11 is 0. The van der Waals surface area contributed by atoms with Crippen molar-refractivity contribution in [2.45, 2.75) is 46.0 Å². The van der Waals surface area contributed by atoms with Crippen molar-refractivity contribution >= 4 is 5.97 Å². The van der Waals surface area contributed by atoms with Gasteiger partial charge >= 0.3 is 5.97 Å². The summed E-state index contributed by atoms with van der Waals surface area (Å²) in [7, 11) is 0. The van der Waals surface area contributed by atoms with Crippen LogP contribution in [-0.2, 0) is 9.53 Å². The zero-order chi connectivity index (χ0) is 10.1. The predicted octanol–water partition coefficient (Wildman–Crippen LogP) is 3.08. The van der Waals surface area contributed by atoms with Crippen LogP contribution in [0, 0.1) is 0 Å². The molecule has 0 radical (unpaired) electrons. The first kappa shape index (κ1) is 12.2. The zero-order valence-electron chi connectivity index (χ0n) is 8.77. The molecule has 13 heavy (non-hydrogen) atoms. The van der Waals surface area contributed by atoms with Gasteiger partial charge in [0.05, 0.1) is 6.61 Å². The summed E-state index contributed by atoms with van der Waals surface area (Å²) in [5.41, 5.74) is 0.609. The molecule has 0 spiro atoms. The van der Waals surface area contributed by atoms with Gasteiger partial charge in [-0.1, -0.05) is 33.3 Å². The molecule has 0 aromatic heterocycles. The fourth-order valence-corrected chi connectivity index (χ4v) is 0.903. The Balaban J connectivity index is 3.51. The van der Waals surface area contributed by atoms with Crippen molar-refractivity contribution in [2.75, 3.05) is 6.61 Å². The van der Waals surface area contributed by atoms with Crippen molar-refractivity contribution in [3.8, 4) is 0 Å². The molecule has 0 bridgehead atoms. The summed E-state index contributed by atoms with van der Waals surface area (Å²) in [6.45, 7) is 8.39. The molecule has 0 saturated heterocycles. The van der Waals surface area contributed by atoms with Crippen LogP contribution < -0.4 is 0 Å². The Morgan fingerprint density at radius 3 is 2.38 bits per heavy atom. The van der Waals surface area contributed by atoms with Gasteiger partial charge in [0, 0.05) is 5.57 Å². The van der Waals surface area contributed by atoms with E-state index in [1.807, 2.05) is 0 Å². The third-order valence-corrected chi connectivity index (χ3v) is 1.85. The molecule has 0 amide bonds. The van der Waals surface area contributed by atoms with Crippen LogP contribution in [0.15, 0.2) is 12.2 Å². The van der Waals surface area contributed by atoms with Gasteiger partial charge in [0.2, 0.25) is 0 Å². The lowest BCUT2D eigenvalue weighted by atomic mass is 10.1. The Morgan fingerprint density at radius 2 is 1.85 bits per heavy atom. The van der Waals surface area contributed by atoms with Crippen molar-refractivity contribution in [1.82, 2.24) is 0 Å². The number of unbranched alkanes of at least 4 members (excludes halogenated alkanes) is 2.